The molecule has 1 aromatic heterocycles. The van der Waals surface area contributed by atoms with E-state index in [1.807, 2.05) is 19.9 Å². The number of aryl methyl sites for hydroxylation is 1. The maximum atomic E-state index is 14.3. The van der Waals surface area contributed by atoms with Crippen molar-refractivity contribution in [3.63, 3.8) is 0 Å². The van der Waals surface area contributed by atoms with Gasteiger partial charge in [0, 0.05) is 18.8 Å². The second-order valence-corrected chi connectivity index (χ2v) is 10.2. The number of carbonyl (C=O) groups excluding carboxylic acids is 3. The summed E-state index contributed by atoms with van der Waals surface area (Å²) in [6.45, 7) is 4.70. The van der Waals surface area contributed by atoms with Crippen LogP contribution < -0.4 is 31.2 Å². The molecule has 5 N–H and O–H groups in total. The zero-order valence-corrected chi connectivity index (χ0v) is 23.7. The van der Waals surface area contributed by atoms with Crippen LogP contribution in [0.1, 0.15) is 55.7 Å². The monoisotopic (exact) mass is 567 g/mol. The molecule has 2 heterocycles. The third kappa shape index (κ3) is 5.73. The van der Waals surface area contributed by atoms with Crippen LogP contribution in [0, 0.1) is 13.8 Å². The third-order valence-corrected chi connectivity index (χ3v) is 7.82. The molecule has 2 atom stereocenters. The number of nitrogen functional groups attached to an aromatic ring is 1. The molecule has 1 aliphatic rings. The lowest BCUT2D eigenvalue weighted by Crippen LogP contribution is -2.46. The number of hydrogen-bond donors (Lipinski definition) is 3. The Kier molecular flexibility index (Phi) is 8.90. The second-order valence-electron chi connectivity index (χ2n) is 9.43. The van der Waals surface area contributed by atoms with Gasteiger partial charge in [0.15, 0.2) is 17.2 Å². The predicted octanol–water partition coefficient (Wildman–Crippen LogP) is 3.14. The largest absolute Gasteiger partial charge is 0.493 e. The number of nitrogens with zero attached hydrogens (tertiary/aromatic N) is 2. The Balaban J connectivity index is 1.90. The number of primary amides is 1. The number of anilines is 2. The smallest absolute Gasteiger partial charge is 0.273 e. The van der Waals surface area contributed by atoms with E-state index in [1.165, 1.54) is 19.1 Å². The summed E-state index contributed by atoms with van der Waals surface area (Å²) in [5.74, 6) is -1.04. The number of aromatic nitrogens is 1. The molecule has 3 aromatic rings. The zero-order valence-electron chi connectivity index (χ0n) is 22.9. The van der Waals surface area contributed by atoms with Crippen LogP contribution in [-0.4, -0.2) is 55.6 Å². The lowest BCUT2D eigenvalue weighted by molar-refractivity contribution is -0.123. The summed E-state index contributed by atoms with van der Waals surface area (Å²) in [4.78, 5) is 41.6. The standard InChI is InChI=1S/C28H33N5O6S/c1-15-7-5-9-19(16(15)2)33(28(36)25-22(29)23(26(30)34)32-40-25)24(27(35)31-14-18-8-6-12-39-18)17-10-11-20(37-3)21(13-17)38-4/h5,7,9-11,13,18,24H,6,8,12,14,29H2,1-4H3,(H2,30,34)(H,31,35). The minimum Gasteiger partial charge on any atom is -0.493 e. The average molecular weight is 568 g/mol. The molecule has 2 unspecified atom stereocenters. The first-order valence-corrected chi connectivity index (χ1v) is 13.5. The summed E-state index contributed by atoms with van der Waals surface area (Å²) in [6.07, 6.45) is 1.63. The topological polar surface area (TPSA) is 159 Å². The van der Waals surface area contributed by atoms with Crippen LogP contribution in [0.5, 0.6) is 11.5 Å². The molecule has 12 heteroatoms. The maximum absolute atomic E-state index is 14.3. The highest BCUT2D eigenvalue weighted by Crippen LogP contribution is 2.38. The minimum atomic E-state index is -1.16. The van der Waals surface area contributed by atoms with Crippen molar-refractivity contribution in [1.82, 2.24) is 9.69 Å². The van der Waals surface area contributed by atoms with Gasteiger partial charge in [0.05, 0.1) is 26.0 Å². The van der Waals surface area contributed by atoms with Crippen LogP contribution in [0.4, 0.5) is 11.4 Å². The van der Waals surface area contributed by atoms with E-state index in [0.717, 1.165) is 35.5 Å². The number of hydrogen-bond acceptors (Lipinski definition) is 9. The van der Waals surface area contributed by atoms with Gasteiger partial charge in [0.1, 0.15) is 10.9 Å². The van der Waals surface area contributed by atoms with Gasteiger partial charge in [-0.1, -0.05) is 18.2 Å². The van der Waals surface area contributed by atoms with Crippen LogP contribution in [0.15, 0.2) is 36.4 Å². The van der Waals surface area contributed by atoms with Gasteiger partial charge in [-0.05, 0) is 73.1 Å². The highest BCUT2D eigenvalue weighted by molar-refractivity contribution is 7.09. The van der Waals surface area contributed by atoms with Crippen molar-refractivity contribution in [1.29, 1.82) is 0 Å². The average Bonchev–Trinajstić information content (AvgIpc) is 3.61. The Morgan fingerprint density at radius 1 is 1.18 bits per heavy atom. The van der Waals surface area contributed by atoms with Crippen molar-refractivity contribution in [2.45, 2.75) is 38.8 Å². The Hall–Kier alpha value is -4.16. The van der Waals surface area contributed by atoms with Gasteiger partial charge >= 0.3 is 0 Å². The quantitative estimate of drug-likeness (QED) is 0.337. The molecule has 1 saturated heterocycles. The van der Waals surface area contributed by atoms with Gasteiger partial charge in [0.25, 0.3) is 11.8 Å². The lowest BCUT2D eigenvalue weighted by atomic mass is 9.99. The molecule has 3 amide bonds. The number of carbonyl (C=O) groups is 3. The number of rotatable bonds is 10. The molecule has 40 heavy (non-hydrogen) atoms. The number of nitrogens with two attached hydrogens (primary N) is 2. The SMILES string of the molecule is COc1ccc(C(C(=O)NCC2CCCO2)N(C(=O)c2snc(C(N)=O)c2N)c2cccc(C)c2C)cc1OC. The van der Waals surface area contributed by atoms with E-state index in [-0.39, 0.29) is 28.9 Å². The van der Waals surface area contributed by atoms with Gasteiger partial charge in [-0.25, -0.2) is 0 Å². The number of ether oxygens (including phenoxy) is 3. The van der Waals surface area contributed by atoms with Crippen molar-refractivity contribution >= 4 is 40.6 Å². The second kappa shape index (κ2) is 12.3. The molecule has 4 rings (SSSR count). The van der Waals surface area contributed by atoms with Crippen LogP contribution in [0.25, 0.3) is 0 Å². The molecular weight excluding hydrogens is 534 g/mol. The fourth-order valence-electron chi connectivity index (χ4n) is 4.66. The summed E-state index contributed by atoms with van der Waals surface area (Å²) in [7, 11) is 3.00. The van der Waals surface area contributed by atoms with Crippen LogP contribution in [0.2, 0.25) is 0 Å². The van der Waals surface area contributed by atoms with Crippen molar-refractivity contribution in [3.8, 4) is 11.5 Å². The van der Waals surface area contributed by atoms with Gasteiger partial charge in [-0.2, -0.15) is 4.37 Å². The predicted molar refractivity (Wildman–Crippen MR) is 152 cm³/mol. The van der Waals surface area contributed by atoms with Gasteiger partial charge in [-0.15, -0.1) is 0 Å². The fraction of sp³-hybridized carbons (Fsp3) is 0.357. The third-order valence-electron chi connectivity index (χ3n) is 6.97. The van der Waals surface area contributed by atoms with Crippen LogP contribution >= 0.6 is 11.5 Å². The Labute approximate surface area is 236 Å². The van der Waals surface area contributed by atoms with Crippen LogP contribution in [0.3, 0.4) is 0 Å². The Morgan fingerprint density at radius 2 is 1.93 bits per heavy atom. The first-order valence-electron chi connectivity index (χ1n) is 12.7. The number of nitrogens with one attached hydrogen (secondary N) is 1. The Morgan fingerprint density at radius 3 is 2.55 bits per heavy atom. The molecule has 1 fully saturated rings. The van der Waals surface area contributed by atoms with Crippen molar-refractivity contribution in [2.24, 2.45) is 5.73 Å². The summed E-state index contributed by atoms with van der Waals surface area (Å²) < 4.78 is 20.6. The number of benzene rings is 2. The molecule has 0 radical (unpaired) electrons. The molecule has 0 spiro atoms. The number of amides is 3. The molecule has 2 aromatic carbocycles. The molecule has 0 bridgehead atoms. The Bertz CT molecular complexity index is 1420. The van der Waals surface area contributed by atoms with E-state index in [0.29, 0.717) is 29.4 Å². The molecule has 0 saturated carbocycles. The van der Waals surface area contributed by atoms with E-state index in [9.17, 15) is 14.4 Å². The minimum absolute atomic E-state index is 0.00731. The summed E-state index contributed by atoms with van der Waals surface area (Å²) >= 11 is 0.754. The molecule has 11 nitrogen and oxygen atoms in total. The highest BCUT2D eigenvalue weighted by atomic mass is 32.1. The van der Waals surface area contributed by atoms with Gasteiger partial charge in [0.2, 0.25) is 5.91 Å². The first kappa shape index (κ1) is 28.8. The van der Waals surface area contributed by atoms with Gasteiger partial charge in [-0.3, -0.25) is 19.3 Å². The van der Waals surface area contributed by atoms with Crippen molar-refractivity contribution in [2.75, 3.05) is 38.0 Å². The van der Waals surface area contributed by atoms with E-state index in [4.69, 9.17) is 25.7 Å². The van der Waals surface area contributed by atoms with E-state index >= 15 is 0 Å². The van der Waals surface area contributed by atoms with E-state index in [2.05, 4.69) is 9.69 Å². The van der Waals surface area contributed by atoms with E-state index in [1.54, 1.807) is 30.3 Å². The van der Waals surface area contributed by atoms with E-state index < -0.39 is 23.8 Å². The molecule has 1 aliphatic heterocycles. The molecule has 212 valence electrons. The van der Waals surface area contributed by atoms with Crippen molar-refractivity contribution in [3.05, 3.63) is 63.7 Å². The summed E-state index contributed by atoms with van der Waals surface area (Å²) in [5.41, 5.74) is 13.9. The zero-order chi connectivity index (χ0) is 29.0. The summed E-state index contributed by atoms with van der Waals surface area (Å²) in [5, 5.41) is 2.97. The van der Waals surface area contributed by atoms with Crippen molar-refractivity contribution < 1.29 is 28.6 Å². The fourth-order valence-corrected chi connectivity index (χ4v) is 5.40. The molecule has 0 aliphatic carbocycles. The van der Waals surface area contributed by atoms with Crippen LogP contribution in [-0.2, 0) is 9.53 Å². The van der Waals surface area contributed by atoms with Gasteiger partial charge < -0.3 is 31.0 Å². The normalized spacial score (nSPS) is 15.3. The lowest BCUT2D eigenvalue weighted by Gasteiger charge is -2.33. The molecular formula is C28H33N5O6S. The first-order chi connectivity index (χ1) is 19.2. The maximum Gasteiger partial charge on any atom is 0.273 e. The number of methoxy groups -OCH3 is 2. The highest BCUT2D eigenvalue weighted by Gasteiger charge is 2.37. The summed E-state index contributed by atoms with van der Waals surface area (Å²) in [6, 6.07) is 9.35.